The molecule has 7 heteroatoms. The summed E-state index contributed by atoms with van der Waals surface area (Å²) < 4.78 is 7.77. The number of nitrogens with zero attached hydrogens (tertiary/aromatic N) is 2. The van der Waals surface area contributed by atoms with Crippen LogP contribution in [-0.2, 0) is 17.7 Å². The van der Waals surface area contributed by atoms with Crippen LogP contribution >= 0.6 is 0 Å². The number of aromatic amines is 1. The number of aryl methyl sites for hydroxylation is 3. The molecule has 3 aromatic rings. The lowest BCUT2D eigenvalue weighted by Gasteiger charge is -2.45. The average molecular weight is 435 g/mol. The number of H-pyrrole nitrogens is 1. The number of morpholine rings is 1. The van der Waals surface area contributed by atoms with E-state index in [1.807, 2.05) is 42.3 Å². The summed E-state index contributed by atoms with van der Waals surface area (Å²) in [7, 11) is 0. The van der Waals surface area contributed by atoms with Crippen LogP contribution in [0.4, 0.5) is 0 Å². The smallest absolute Gasteiger partial charge is 0.263 e. The minimum atomic E-state index is -0.282. The molecule has 32 heavy (non-hydrogen) atoms. The Labute approximate surface area is 187 Å². The van der Waals surface area contributed by atoms with E-state index in [1.54, 1.807) is 10.8 Å². The molecule has 2 fully saturated rings. The molecule has 1 aromatic carbocycles. The van der Waals surface area contributed by atoms with Crippen molar-refractivity contribution >= 4 is 16.8 Å². The first-order valence-electron chi connectivity index (χ1n) is 11.5. The van der Waals surface area contributed by atoms with Crippen molar-refractivity contribution < 1.29 is 9.53 Å². The zero-order valence-electron chi connectivity index (χ0n) is 18.5. The van der Waals surface area contributed by atoms with E-state index in [4.69, 9.17) is 4.74 Å². The summed E-state index contributed by atoms with van der Waals surface area (Å²) in [5, 5.41) is 4.53. The Bertz CT molecular complexity index is 1180. The third kappa shape index (κ3) is 3.87. The Morgan fingerprint density at radius 3 is 2.84 bits per heavy atom. The van der Waals surface area contributed by atoms with E-state index < -0.39 is 0 Å². The third-order valence-electron chi connectivity index (χ3n) is 6.93. The van der Waals surface area contributed by atoms with E-state index >= 15 is 0 Å². The number of carbonyl (C=O) groups excluding carboxylic acids is 1. The van der Waals surface area contributed by atoms with Crippen molar-refractivity contribution in [1.82, 2.24) is 19.8 Å². The Hall–Kier alpha value is -2.90. The maximum atomic E-state index is 13.5. The molecule has 2 aromatic heterocycles. The van der Waals surface area contributed by atoms with Crippen molar-refractivity contribution in [1.29, 1.82) is 0 Å². The summed E-state index contributed by atoms with van der Waals surface area (Å²) in [5.74, 6) is -0.171. The van der Waals surface area contributed by atoms with Crippen LogP contribution in [0.25, 0.3) is 10.9 Å². The predicted octanol–water partition coefficient (Wildman–Crippen LogP) is 2.48. The molecule has 0 unspecified atom stereocenters. The van der Waals surface area contributed by atoms with Crippen molar-refractivity contribution in [2.45, 2.75) is 38.3 Å². The maximum absolute atomic E-state index is 13.5. The molecule has 168 valence electrons. The predicted molar refractivity (Wildman–Crippen MR) is 124 cm³/mol. The molecule has 0 saturated carbocycles. The molecule has 1 amide bonds. The van der Waals surface area contributed by atoms with Crippen molar-refractivity contribution in [3.8, 4) is 0 Å². The van der Waals surface area contributed by atoms with Crippen LogP contribution < -0.4 is 10.9 Å². The fraction of sp³-hybridized carbons (Fsp3) is 0.440. The Morgan fingerprint density at radius 1 is 1.19 bits per heavy atom. The van der Waals surface area contributed by atoms with Gasteiger partial charge in [-0.3, -0.25) is 9.59 Å². The first-order valence-corrected chi connectivity index (χ1v) is 11.5. The summed E-state index contributed by atoms with van der Waals surface area (Å²) in [6.07, 6.45) is 6.30. The Morgan fingerprint density at radius 2 is 2.00 bits per heavy atom. The first kappa shape index (κ1) is 21.0. The maximum Gasteiger partial charge on any atom is 0.263 e. The van der Waals surface area contributed by atoms with Crippen LogP contribution in [0.3, 0.4) is 0 Å². The van der Waals surface area contributed by atoms with Crippen molar-refractivity contribution in [2.24, 2.45) is 0 Å². The lowest BCUT2D eigenvalue weighted by molar-refractivity contribution is -0.114. The molecule has 0 atom stereocenters. The second-order valence-corrected chi connectivity index (χ2v) is 8.99. The molecule has 2 N–H and O–H groups in total. The lowest BCUT2D eigenvalue weighted by Crippen LogP contribution is -2.58. The molecule has 7 nitrogen and oxygen atoms in total. The number of nitrogens with one attached hydrogen (secondary N) is 2. The van der Waals surface area contributed by atoms with Crippen LogP contribution in [-0.4, -0.2) is 58.7 Å². The van der Waals surface area contributed by atoms with Crippen molar-refractivity contribution in [3.05, 3.63) is 69.8 Å². The number of hydrogen-bond acceptors (Lipinski definition) is 4. The average Bonchev–Trinajstić information content (AvgIpc) is 3.22. The van der Waals surface area contributed by atoms with Gasteiger partial charge in [-0.1, -0.05) is 18.2 Å². The van der Waals surface area contributed by atoms with Gasteiger partial charge >= 0.3 is 0 Å². The number of carbonyl (C=O) groups is 1. The van der Waals surface area contributed by atoms with Crippen LogP contribution in [0.2, 0.25) is 0 Å². The van der Waals surface area contributed by atoms with Gasteiger partial charge in [0.15, 0.2) is 0 Å². The highest BCUT2D eigenvalue weighted by Gasteiger charge is 2.40. The van der Waals surface area contributed by atoms with E-state index in [9.17, 15) is 9.59 Å². The largest absolute Gasteiger partial charge is 0.371 e. The van der Waals surface area contributed by atoms with Gasteiger partial charge in [0.05, 0.1) is 18.8 Å². The summed E-state index contributed by atoms with van der Waals surface area (Å²) in [6, 6.07) is 10.0. The molecule has 2 saturated heterocycles. The van der Waals surface area contributed by atoms with E-state index in [2.05, 4.69) is 16.4 Å². The van der Waals surface area contributed by atoms with E-state index in [-0.39, 0.29) is 22.6 Å². The topological polar surface area (TPSA) is 79.4 Å². The first-order chi connectivity index (χ1) is 15.6. The molecular formula is C25H30N4O3. The number of aromatic nitrogens is 2. The minimum absolute atomic E-state index is 0.171. The zero-order valence-corrected chi connectivity index (χ0v) is 18.5. The number of amides is 1. The molecule has 0 radical (unpaired) electrons. The van der Waals surface area contributed by atoms with E-state index in [0.717, 1.165) is 37.0 Å². The Balaban J connectivity index is 1.37. The van der Waals surface area contributed by atoms with E-state index in [1.165, 1.54) is 10.9 Å². The van der Waals surface area contributed by atoms with Crippen LogP contribution in [0.15, 0.2) is 47.5 Å². The molecule has 0 bridgehead atoms. The van der Waals surface area contributed by atoms with Crippen LogP contribution in [0.1, 0.15) is 34.3 Å². The zero-order chi connectivity index (χ0) is 22.1. The SMILES string of the molecule is Cc1ccn(CCc2c[nH]c3ccccc23)c(=O)c1C(=O)N1CCOC2(CCNCC2)C1. The molecule has 0 aliphatic carbocycles. The standard InChI is InChI=1S/C25H30N4O3/c1-18-6-12-28(13-7-19-16-27-21-5-3-2-4-20(19)21)23(30)22(18)24(31)29-14-15-32-25(17-29)8-10-26-11-9-25/h2-6,12,16,26-27H,7-11,13-15,17H2,1H3. The second-order valence-electron chi connectivity index (χ2n) is 8.99. The summed E-state index contributed by atoms with van der Waals surface area (Å²) in [6.45, 7) is 5.76. The number of ether oxygens (including phenoxy) is 1. The molecule has 2 aliphatic heterocycles. The summed E-state index contributed by atoms with van der Waals surface area (Å²) >= 11 is 0. The van der Waals surface area contributed by atoms with E-state index in [0.29, 0.717) is 32.7 Å². The van der Waals surface area contributed by atoms with Gasteiger partial charge in [-0.15, -0.1) is 0 Å². The molecule has 1 spiro atoms. The highest BCUT2D eigenvalue weighted by atomic mass is 16.5. The monoisotopic (exact) mass is 434 g/mol. The third-order valence-corrected chi connectivity index (χ3v) is 6.93. The van der Waals surface area contributed by atoms with Crippen molar-refractivity contribution in [3.63, 3.8) is 0 Å². The number of benzene rings is 1. The van der Waals surface area contributed by atoms with Gasteiger partial charge in [0, 0.05) is 36.4 Å². The lowest BCUT2D eigenvalue weighted by atomic mass is 9.90. The van der Waals surface area contributed by atoms with Crippen LogP contribution in [0.5, 0.6) is 0 Å². The highest BCUT2D eigenvalue weighted by Crippen LogP contribution is 2.28. The summed E-state index contributed by atoms with van der Waals surface area (Å²) in [4.78, 5) is 31.9. The highest BCUT2D eigenvalue weighted by molar-refractivity contribution is 5.95. The fourth-order valence-electron chi connectivity index (χ4n) is 5.04. The van der Waals surface area contributed by atoms with Gasteiger partial charge in [-0.25, -0.2) is 0 Å². The quantitative estimate of drug-likeness (QED) is 0.661. The number of hydrogen-bond donors (Lipinski definition) is 2. The molecule has 2 aliphatic rings. The van der Waals surface area contributed by atoms with Gasteiger partial charge in [-0.05, 0) is 62.5 Å². The normalized spacial score (nSPS) is 18.3. The number of piperidine rings is 1. The van der Waals surface area contributed by atoms with Crippen LogP contribution in [0, 0.1) is 6.92 Å². The van der Waals surface area contributed by atoms with Gasteiger partial charge < -0.3 is 24.5 Å². The summed E-state index contributed by atoms with van der Waals surface area (Å²) in [5.41, 5.74) is 2.79. The molecule has 5 rings (SSSR count). The minimum Gasteiger partial charge on any atom is -0.371 e. The number of para-hydroxylation sites is 1. The van der Waals surface area contributed by atoms with Gasteiger partial charge in [0.1, 0.15) is 5.56 Å². The van der Waals surface area contributed by atoms with Gasteiger partial charge in [0.25, 0.3) is 11.5 Å². The van der Waals surface area contributed by atoms with Gasteiger partial charge in [0.2, 0.25) is 0 Å². The second kappa shape index (κ2) is 8.56. The number of pyridine rings is 1. The van der Waals surface area contributed by atoms with Crippen molar-refractivity contribution in [2.75, 3.05) is 32.8 Å². The molecule has 4 heterocycles. The Kier molecular flexibility index (Phi) is 5.61. The molecular weight excluding hydrogens is 404 g/mol. The van der Waals surface area contributed by atoms with Gasteiger partial charge in [-0.2, -0.15) is 0 Å². The fourth-order valence-corrected chi connectivity index (χ4v) is 5.04. The number of rotatable bonds is 4. The number of fused-ring (bicyclic) bond motifs is 1.